The van der Waals surface area contributed by atoms with Gasteiger partial charge >= 0.3 is 5.97 Å². The minimum atomic E-state index is -1.53. The number of carbonyl (C=O) groups is 1. The third-order valence-corrected chi connectivity index (χ3v) is 15.4. The number of carboxylic acids is 1. The van der Waals surface area contributed by atoms with Crippen LogP contribution in [0.15, 0.2) is 0 Å². The fraction of sp³-hybridized carbons (Fsp3) is 0.971. The molecule has 5 saturated carbocycles. The molecule has 2 spiro atoms. The fourth-order valence-corrected chi connectivity index (χ4v) is 12.5. The second-order valence-electron chi connectivity index (χ2n) is 17.5. The summed E-state index contributed by atoms with van der Waals surface area (Å²) < 4.78 is 11.7. The van der Waals surface area contributed by atoms with Crippen LogP contribution in [0.5, 0.6) is 0 Å². The molecule has 0 aromatic rings. The molecule has 6 rings (SSSR count). The van der Waals surface area contributed by atoms with Gasteiger partial charge in [-0.25, -0.2) is 0 Å². The van der Waals surface area contributed by atoms with Crippen molar-refractivity contribution >= 4 is 5.97 Å². The average molecular weight is 639 g/mol. The lowest BCUT2D eigenvalue weighted by molar-refractivity contribution is -0.309. The Morgan fingerprint density at radius 2 is 1.62 bits per heavy atom. The first-order chi connectivity index (χ1) is 20.8. The number of hydrogen-bond acceptors (Lipinski definition) is 9. The van der Waals surface area contributed by atoms with Crippen LogP contribution in [0, 0.1) is 50.7 Å². The highest BCUT2D eigenvalue weighted by atomic mass is 16.7. The van der Waals surface area contributed by atoms with Crippen molar-refractivity contribution in [3.8, 4) is 0 Å². The van der Waals surface area contributed by atoms with Crippen LogP contribution in [0.1, 0.15) is 106 Å². The van der Waals surface area contributed by atoms with Gasteiger partial charge in [0.2, 0.25) is 0 Å². The number of carboxylic acid groups (broad SMARTS) is 1. The van der Waals surface area contributed by atoms with Crippen molar-refractivity contribution < 1.29 is 50.0 Å². The van der Waals surface area contributed by atoms with Crippen LogP contribution in [0.3, 0.4) is 0 Å². The fourth-order valence-electron chi connectivity index (χ4n) is 12.5. The number of aliphatic carboxylic acids is 1. The van der Waals surface area contributed by atoms with Crippen LogP contribution < -0.4 is 0 Å². The van der Waals surface area contributed by atoms with Crippen molar-refractivity contribution in [1.29, 1.82) is 0 Å². The molecule has 10 heteroatoms. The smallest absolute Gasteiger partial charge is 0.312 e. The van der Waals surface area contributed by atoms with E-state index >= 15 is 0 Å². The molecule has 1 heterocycles. The molecule has 0 aromatic carbocycles. The first-order valence-corrected chi connectivity index (χ1v) is 17.4. The van der Waals surface area contributed by atoms with E-state index in [1.807, 2.05) is 0 Å². The molecular weight excluding hydrogens is 580 g/mol. The van der Waals surface area contributed by atoms with E-state index in [2.05, 4.69) is 20.8 Å². The lowest BCUT2D eigenvalue weighted by Crippen LogP contribution is -2.65. The van der Waals surface area contributed by atoms with Crippen LogP contribution in [0.2, 0.25) is 0 Å². The van der Waals surface area contributed by atoms with E-state index in [0.717, 1.165) is 44.9 Å². The Labute approximate surface area is 267 Å². The maximum absolute atomic E-state index is 13.2. The van der Waals surface area contributed by atoms with Gasteiger partial charge in [0.25, 0.3) is 0 Å². The van der Waals surface area contributed by atoms with Gasteiger partial charge in [0.05, 0.1) is 35.9 Å². The van der Waals surface area contributed by atoms with Crippen LogP contribution >= 0.6 is 0 Å². The van der Waals surface area contributed by atoms with Gasteiger partial charge in [-0.05, 0) is 118 Å². The molecule has 16 unspecified atom stereocenters. The van der Waals surface area contributed by atoms with Crippen molar-refractivity contribution in [3.63, 3.8) is 0 Å². The van der Waals surface area contributed by atoms with E-state index < -0.39 is 65.3 Å². The highest BCUT2D eigenvalue weighted by Crippen LogP contribution is 2.89. The zero-order valence-corrected chi connectivity index (χ0v) is 28.0. The number of rotatable bonds is 8. The summed E-state index contributed by atoms with van der Waals surface area (Å²) in [7, 11) is 0. The summed E-state index contributed by atoms with van der Waals surface area (Å²) in [5, 5.41) is 74.3. The van der Waals surface area contributed by atoms with Gasteiger partial charge in [0, 0.05) is 11.8 Å². The Bertz CT molecular complexity index is 1160. The molecule has 258 valence electrons. The topological polar surface area (TPSA) is 177 Å². The quantitative estimate of drug-likeness (QED) is 0.196. The summed E-state index contributed by atoms with van der Waals surface area (Å²) in [4.78, 5) is 13.2. The molecule has 7 N–H and O–H groups in total. The molecule has 45 heavy (non-hydrogen) atoms. The van der Waals surface area contributed by atoms with Crippen molar-refractivity contribution in [3.05, 3.63) is 0 Å². The Balaban J connectivity index is 1.24. The van der Waals surface area contributed by atoms with Crippen LogP contribution in [-0.2, 0) is 14.3 Å². The standard InChI is InChI=1S/C35H58O10/c1-18(7-10-23(37)30(2,3)43)19-11-12-32(5)21-8-9-22-33(6,29(41)42)25(45-28-27(40)26(39)20(36)16-44-28)15-24(38)35(22)17-34(21,35)14-13-31(19,32)4/h18-28,36-40,43H,7-17H2,1-6H3,(H,41,42). The molecule has 5 aliphatic carbocycles. The largest absolute Gasteiger partial charge is 0.481 e. The molecule has 16 atom stereocenters. The third kappa shape index (κ3) is 4.52. The van der Waals surface area contributed by atoms with E-state index in [0.29, 0.717) is 30.6 Å². The lowest BCUT2D eigenvalue weighted by atomic mass is 9.41. The number of ether oxygens (including phenoxy) is 2. The summed E-state index contributed by atoms with van der Waals surface area (Å²) in [6.45, 7) is 12.0. The first-order valence-electron chi connectivity index (χ1n) is 17.4. The third-order valence-electron chi connectivity index (χ3n) is 15.4. The van der Waals surface area contributed by atoms with E-state index in [1.165, 1.54) is 0 Å². The molecule has 1 saturated heterocycles. The Kier molecular flexibility index (Phi) is 8.19. The molecule has 0 radical (unpaired) electrons. The number of hydrogen-bond donors (Lipinski definition) is 7. The highest BCUT2D eigenvalue weighted by molar-refractivity contribution is 5.76. The summed E-state index contributed by atoms with van der Waals surface area (Å²) in [6, 6.07) is 0. The van der Waals surface area contributed by atoms with Crippen molar-refractivity contribution in [2.75, 3.05) is 6.61 Å². The van der Waals surface area contributed by atoms with E-state index in [9.17, 15) is 40.5 Å². The Morgan fingerprint density at radius 1 is 0.956 bits per heavy atom. The Hall–Kier alpha value is -0.850. The maximum atomic E-state index is 13.2. The monoisotopic (exact) mass is 638 g/mol. The molecular formula is C35H58O10. The van der Waals surface area contributed by atoms with Gasteiger partial charge in [0.1, 0.15) is 18.3 Å². The summed E-state index contributed by atoms with van der Waals surface area (Å²) >= 11 is 0. The van der Waals surface area contributed by atoms with Gasteiger partial charge in [-0.1, -0.05) is 20.8 Å². The number of aliphatic hydroxyl groups excluding tert-OH is 5. The predicted molar refractivity (Wildman–Crippen MR) is 164 cm³/mol. The lowest BCUT2D eigenvalue weighted by Gasteiger charge is -2.64. The summed E-state index contributed by atoms with van der Waals surface area (Å²) in [5.74, 6) is -0.0149. The molecule has 0 bridgehead atoms. The SMILES string of the molecule is CC(CCC(O)C(C)(C)O)C1CCC2(C)C3CCC4C(C)(C(=O)O)C(OC5OCC(O)C(O)C5O)CC(O)C45CC35CCC12C. The Morgan fingerprint density at radius 3 is 2.27 bits per heavy atom. The van der Waals surface area contributed by atoms with E-state index in [-0.39, 0.29) is 35.2 Å². The molecule has 1 aliphatic heterocycles. The molecule has 6 fully saturated rings. The van der Waals surface area contributed by atoms with E-state index in [1.54, 1.807) is 20.8 Å². The van der Waals surface area contributed by atoms with Gasteiger partial charge in [-0.2, -0.15) is 0 Å². The first kappa shape index (κ1) is 34.0. The van der Waals surface area contributed by atoms with Crippen molar-refractivity contribution in [1.82, 2.24) is 0 Å². The summed E-state index contributed by atoms with van der Waals surface area (Å²) in [6.07, 6.45) is 0.114. The van der Waals surface area contributed by atoms with Crippen molar-refractivity contribution in [2.45, 2.75) is 154 Å². The second kappa shape index (κ2) is 10.8. The van der Waals surface area contributed by atoms with Crippen molar-refractivity contribution in [2.24, 2.45) is 50.7 Å². The summed E-state index contributed by atoms with van der Waals surface area (Å²) in [5.41, 5.74) is -2.92. The molecule has 0 aromatic heterocycles. The maximum Gasteiger partial charge on any atom is 0.312 e. The second-order valence-corrected chi connectivity index (χ2v) is 17.5. The van der Waals surface area contributed by atoms with Crippen LogP contribution in [0.4, 0.5) is 0 Å². The normalized spacial score (nSPS) is 53.8. The molecule has 0 amide bonds. The predicted octanol–water partition coefficient (Wildman–Crippen LogP) is 2.83. The van der Waals surface area contributed by atoms with Gasteiger partial charge < -0.3 is 45.2 Å². The van der Waals surface area contributed by atoms with Gasteiger partial charge in [-0.3, -0.25) is 4.79 Å². The number of aliphatic hydroxyl groups is 6. The highest BCUT2D eigenvalue weighted by Gasteiger charge is 2.86. The zero-order chi connectivity index (χ0) is 33.1. The minimum absolute atomic E-state index is 0.0528. The van der Waals surface area contributed by atoms with E-state index in [4.69, 9.17) is 9.47 Å². The minimum Gasteiger partial charge on any atom is -0.481 e. The number of fused-ring (bicyclic) bond motifs is 2. The van der Waals surface area contributed by atoms with Crippen LogP contribution in [0.25, 0.3) is 0 Å². The van der Waals surface area contributed by atoms with Gasteiger partial charge in [-0.15, -0.1) is 0 Å². The average Bonchev–Trinajstić information content (AvgIpc) is 3.58. The van der Waals surface area contributed by atoms with Gasteiger partial charge in [0.15, 0.2) is 6.29 Å². The van der Waals surface area contributed by atoms with Crippen LogP contribution in [-0.4, -0.2) is 96.8 Å². The zero-order valence-electron chi connectivity index (χ0n) is 28.0. The molecule has 6 aliphatic rings. The molecule has 10 nitrogen and oxygen atoms in total.